The van der Waals surface area contributed by atoms with E-state index in [1.165, 1.54) is 50.5 Å². The van der Waals surface area contributed by atoms with E-state index in [9.17, 15) is 0 Å². The molecule has 0 aromatic heterocycles. The lowest BCUT2D eigenvalue weighted by atomic mass is 9.80. The van der Waals surface area contributed by atoms with Crippen LogP contribution in [-0.2, 0) is 4.74 Å². The molecule has 2 N–H and O–H groups in total. The number of allylic oxidation sites excluding steroid dienone is 5. The molecule has 28 heavy (non-hydrogen) atoms. The highest BCUT2D eigenvalue weighted by molar-refractivity contribution is 5.45. The van der Waals surface area contributed by atoms with Gasteiger partial charge in [0.1, 0.15) is 5.76 Å². The minimum atomic E-state index is 0.469. The Bertz CT molecular complexity index is 635. The van der Waals surface area contributed by atoms with E-state index in [2.05, 4.69) is 42.7 Å². The zero-order chi connectivity index (χ0) is 19.8. The SMILES string of the molecule is CCNC1CCCC1.COC1=CCCC=C1CC1NCCC2=C(C)CCC=C21. The van der Waals surface area contributed by atoms with Gasteiger partial charge in [0.2, 0.25) is 0 Å². The van der Waals surface area contributed by atoms with Crippen LogP contribution in [0, 0.1) is 0 Å². The minimum Gasteiger partial charge on any atom is -0.497 e. The lowest BCUT2D eigenvalue weighted by molar-refractivity contribution is 0.292. The summed E-state index contributed by atoms with van der Waals surface area (Å²) >= 11 is 0. The van der Waals surface area contributed by atoms with Crippen LogP contribution in [0.25, 0.3) is 0 Å². The fourth-order valence-electron chi connectivity index (χ4n) is 5.08. The number of ether oxygens (including phenoxy) is 1. The number of piperidine rings is 1. The van der Waals surface area contributed by atoms with Gasteiger partial charge in [0, 0.05) is 12.1 Å². The van der Waals surface area contributed by atoms with Crippen LogP contribution in [0.2, 0.25) is 0 Å². The number of hydrogen-bond acceptors (Lipinski definition) is 3. The number of nitrogens with one attached hydrogen (secondary N) is 2. The Morgan fingerprint density at radius 2 is 1.86 bits per heavy atom. The Morgan fingerprint density at radius 1 is 1.07 bits per heavy atom. The number of hydrogen-bond donors (Lipinski definition) is 2. The molecule has 1 saturated carbocycles. The lowest BCUT2D eigenvalue weighted by Crippen LogP contribution is -2.38. The Morgan fingerprint density at radius 3 is 2.61 bits per heavy atom. The van der Waals surface area contributed by atoms with Gasteiger partial charge in [-0.25, -0.2) is 0 Å². The van der Waals surface area contributed by atoms with E-state index in [-0.39, 0.29) is 0 Å². The van der Waals surface area contributed by atoms with E-state index in [1.807, 2.05) is 0 Å². The predicted octanol–water partition coefficient (Wildman–Crippen LogP) is 5.56. The molecule has 156 valence electrons. The molecule has 3 aliphatic carbocycles. The van der Waals surface area contributed by atoms with Gasteiger partial charge in [-0.3, -0.25) is 0 Å². The molecular weight excluding hydrogens is 344 g/mol. The molecule has 0 spiro atoms. The van der Waals surface area contributed by atoms with Gasteiger partial charge in [0.05, 0.1) is 7.11 Å². The van der Waals surface area contributed by atoms with Crippen LogP contribution in [-0.4, -0.2) is 32.3 Å². The average molecular weight is 385 g/mol. The zero-order valence-electron chi connectivity index (χ0n) is 18.3. The first-order valence-electron chi connectivity index (χ1n) is 11.5. The number of rotatable bonds is 5. The van der Waals surface area contributed by atoms with Crippen molar-refractivity contribution in [2.45, 2.75) is 90.1 Å². The van der Waals surface area contributed by atoms with Gasteiger partial charge in [0.25, 0.3) is 0 Å². The van der Waals surface area contributed by atoms with E-state index in [0.717, 1.165) is 44.2 Å². The highest BCUT2D eigenvalue weighted by Crippen LogP contribution is 2.35. The van der Waals surface area contributed by atoms with E-state index in [0.29, 0.717) is 6.04 Å². The molecule has 3 nitrogen and oxygen atoms in total. The van der Waals surface area contributed by atoms with E-state index < -0.39 is 0 Å². The van der Waals surface area contributed by atoms with Crippen molar-refractivity contribution >= 4 is 0 Å². The maximum atomic E-state index is 5.54. The molecule has 1 heterocycles. The normalized spacial score (nSPS) is 25.2. The summed E-state index contributed by atoms with van der Waals surface area (Å²) in [5.74, 6) is 1.09. The quantitative estimate of drug-likeness (QED) is 0.650. The van der Waals surface area contributed by atoms with Crippen molar-refractivity contribution in [1.29, 1.82) is 0 Å². The van der Waals surface area contributed by atoms with Crippen molar-refractivity contribution in [2.75, 3.05) is 20.2 Å². The van der Waals surface area contributed by atoms with Crippen LogP contribution in [0.15, 0.2) is 46.3 Å². The van der Waals surface area contributed by atoms with E-state index in [4.69, 9.17) is 4.74 Å². The van der Waals surface area contributed by atoms with Gasteiger partial charge in [-0.1, -0.05) is 37.5 Å². The molecule has 1 saturated heterocycles. The molecule has 4 aliphatic rings. The van der Waals surface area contributed by atoms with Gasteiger partial charge in [0.15, 0.2) is 0 Å². The second-order valence-electron chi connectivity index (χ2n) is 8.54. The molecular formula is C25H40N2O. The molecule has 0 amide bonds. The van der Waals surface area contributed by atoms with Gasteiger partial charge in [-0.15, -0.1) is 0 Å². The van der Waals surface area contributed by atoms with E-state index >= 15 is 0 Å². The maximum Gasteiger partial charge on any atom is 0.117 e. The Kier molecular flexibility index (Phi) is 8.42. The van der Waals surface area contributed by atoms with Gasteiger partial charge >= 0.3 is 0 Å². The minimum absolute atomic E-state index is 0.469. The van der Waals surface area contributed by atoms with Crippen LogP contribution in [0.5, 0.6) is 0 Å². The molecule has 0 aromatic rings. The van der Waals surface area contributed by atoms with Crippen molar-refractivity contribution in [2.24, 2.45) is 0 Å². The standard InChI is InChI=1S/C18H25NO.C7H15N/c1-13-6-5-8-16-15(13)10-11-19-17(16)12-14-7-3-4-9-18(14)20-2;1-2-8-7-5-3-4-6-7/h7-9,17,19H,3-6,10-12H2,1-2H3;7-8H,2-6H2,1H3. The Labute approximate surface area is 172 Å². The smallest absolute Gasteiger partial charge is 0.117 e. The summed E-state index contributed by atoms with van der Waals surface area (Å²) in [7, 11) is 1.79. The summed E-state index contributed by atoms with van der Waals surface area (Å²) in [5, 5.41) is 7.15. The number of fused-ring (bicyclic) bond motifs is 1. The first kappa shape index (κ1) is 21.4. The first-order chi connectivity index (χ1) is 13.7. The molecule has 0 bridgehead atoms. The highest BCUT2D eigenvalue weighted by Gasteiger charge is 2.27. The molecule has 0 radical (unpaired) electrons. The van der Waals surface area contributed by atoms with Crippen molar-refractivity contribution in [3.05, 3.63) is 46.3 Å². The third-order valence-electron chi connectivity index (χ3n) is 6.58. The zero-order valence-corrected chi connectivity index (χ0v) is 18.3. The summed E-state index contributed by atoms with van der Waals surface area (Å²) in [4.78, 5) is 0. The molecule has 2 fully saturated rings. The molecule has 1 unspecified atom stereocenters. The predicted molar refractivity (Wildman–Crippen MR) is 119 cm³/mol. The Balaban J connectivity index is 0.000000236. The third kappa shape index (κ3) is 5.61. The van der Waals surface area contributed by atoms with Crippen LogP contribution in [0.4, 0.5) is 0 Å². The summed E-state index contributed by atoms with van der Waals surface area (Å²) in [5.41, 5.74) is 6.16. The van der Waals surface area contributed by atoms with Gasteiger partial charge in [-0.2, -0.15) is 0 Å². The van der Waals surface area contributed by atoms with Crippen LogP contribution >= 0.6 is 0 Å². The Hall–Kier alpha value is -1.32. The van der Waals surface area contributed by atoms with E-state index in [1.54, 1.807) is 23.8 Å². The van der Waals surface area contributed by atoms with Crippen molar-refractivity contribution in [1.82, 2.24) is 10.6 Å². The van der Waals surface area contributed by atoms with Gasteiger partial charge < -0.3 is 15.4 Å². The second-order valence-corrected chi connectivity index (χ2v) is 8.54. The number of methoxy groups -OCH3 is 1. The fourth-order valence-corrected chi connectivity index (χ4v) is 5.08. The van der Waals surface area contributed by atoms with Crippen molar-refractivity contribution in [3.8, 4) is 0 Å². The monoisotopic (exact) mass is 384 g/mol. The maximum absolute atomic E-state index is 5.54. The summed E-state index contributed by atoms with van der Waals surface area (Å²) < 4.78 is 5.54. The van der Waals surface area contributed by atoms with Crippen molar-refractivity contribution in [3.63, 3.8) is 0 Å². The fraction of sp³-hybridized carbons (Fsp3) is 0.680. The lowest BCUT2D eigenvalue weighted by Gasteiger charge is -2.34. The summed E-state index contributed by atoms with van der Waals surface area (Å²) in [6, 6.07) is 1.33. The first-order valence-corrected chi connectivity index (χ1v) is 11.5. The average Bonchev–Trinajstić information content (AvgIpc) is 3.23. The van der Waals surface area contributed by atoms with Crippen molar-refractivity contribution < 1.29 is 4.74 Å². The molecule has 1 aliphatic heterocycles. The molecule has 1 atom stereocenters. The largest absolute Gasteiger partial charge is 0.497 e. The summed E-state index contributed by atoms with van der Waals surface area (Å²) in [6.45, 7) is 6.74. The van der Waals surface area contributed by atoms with Crippen LogP contribution in [0.3, 0.4) is 0 Å². The molecule has 3 heteroatoms. The van der Waals surface area contributed by atoms with Crippen LogP contribution in [0.1, 0.15) is 78.1 Å². The van der Waals surface area contributed by atoms with Crippen LogP contribution < -0.4 is 10.6 Å². The second kappa shape index (κ2) is 11.0. The third-order valence-corrected chi connectivity index (χ3v) is 6.58. The molecule has 0 aromatic carbocycles. The van der Waals surface area contributed by atoms with Gasteiger partial charge in [-0.05, 0) is 94.2 Å². The highest BCUT2D eigenvalue weighted by atomic mass is 16.5. The topological polar surface area (TPSA) is 33.3 Å². The molecule has 4 rings (SSSR count). The summed E-state index contributed by atoms with van der Waals surface area (Å²) in [6.07, 6.45) is 19.7.